The fraction of sp³-hybridized carbons (Fsp3) is 0.179. The minimum atomic E-state index is -1.01. The number of nitrogens with zero attached hydrogens (tertiary/aromatic N) is 3. The number of anilines is 1. The highest BCUT2D eigenvalue weighted by Gasteiger charge is 2.48. The van der Waals surface area contributed by atoms with Crippen molar-refractivity contribution in [1.82, 2.24) is 4.98 Å². The molecule has 1 N–H and O–H groups in total. The number of benzene rings is 3. The number of carbonyl (C=O) groups excluding carboxylic acids is 2. The SMILES string of the molecule is Cc1ccc(C)c(/C(O)=C2\C(=O)C(=O)N(c3nc4c(C)cc(C)cc4s3)C2c2ccc([N+](=O)[O-])cc2)c1. The standard InChI is InChI=1S/C28H23N3O5S/c1-14-5-6-16(3)20(12-14)25(32)22-24(18-7-9-19(10-8-18)31(35)36)30(27(34)26(22)33)28-29-23-17(4)11-15(2)13-21(23)37-28/h5-13,24,32H,1-4H3/b25-22+. The van der Waals surface area contributed by atoms with Crippen LogP contribution in [0, 0.1) is 37.8 Å². The van der Waals surface area contributed by atoms with Gasteiger partial charge in [0.15, 0.2) is 5.13 Å². The van der Waals surface area contributed by atoms with E-state index < -0.39 is 22.7 Å². The smallest absolute Gasteiger partial charge is 0.301 e. The lowest BCUT2D eigenvalue weighted by molar-refractivity contribution is -0.384. The van der Waals surface area contributed by atoms with Crippen LogP contribution in [-0.4, -0.2) is 26.7 Å². The van der Waals surface area contributed by atoms with Gasteiger partial charge in [0.2, 0.25) is 0 Å². The third-order valence-electron chi connectivity index (χ3n) is 6.54. The van der Waals surface area contributed by atoms with Crippen molar-refractivity contribution < 1.29 is 19.6 Å². The maximum absolute atomic E-state index is 13.5. The van der Waals surface area contributed by atoms with E-state index in [4.69, 9.17) is 4.98 Å². The third-order valence-corrected chi connectivity index (χ3v) is 7.54. The minimum Gasteiger partial charge on any atom is -0.507 e. The van der Waals surface area contributed by atoms with Crippen LogP contribution in [0.3, 0.4) is 0 Å². The van der Waals surface area contributed by atoms with Gasteiger partial charge in [0.1, 0.15) is 5.76 Å². The molecule has 4 aromatic rings. The quantitative estimate of drug-likeness (QED) is 0.117. The third kappa shape index (κ3) is 4.07. The molecule has 1 fully saturated rings. The van der Waals surface area contributed by atoms with Crippen molar-refractivity contribution in [3.8, 4) is 0 Å². The van der Waals surface area contributed by atoms with E-state index >= 15 is 0 Å². The van der Waals surface area contributed by atoms with Gasteiger partial charge in [-0.25, -0.2) is 4.98 Å². The number of Topliss-reactive ketones (excluding diaryl/α,β-unsaturated/α-hetero) is 1. The number of aromatic nitrogens is 1. The average molecular weight is 514 g/mol. The lowest BCUT2D eigenvalue weighted by Crippen LogP contribution is -2.29. The van der Waals surface area contributed by atoms with Gasteiger partial charge in [-0.3, -0.25) is 24.6 Å². The van der Waals surface area contributed by atoms with Gasteiger partial charge in [-0.2, -0.15) is 0 Å². The zero-order valence-corrected chi connectivity index (χ0v) is 21.4. The number of aliphatic hydroxyl groups excluding tert-OH is 1. The van der Waals surface area contributed by atoms with E-state index in [2.05, 4.69) is 0 Å². The number of aryl methyl sites for hydroxylation is 4. The maximum atomic E-state index is 13.5. The van der Waals surface area contributed by atoms with Gasteiger partial charge in [-0.05, 0) is 74.2 Å². The summed E-state index contributed by atoms with van der Waals surface area (Å²) in [5.74, 6) is -1.95. The molecular weight excluding hydrogens is 490 g/mol. The molecule has 2 heterocycles. The summed E-state index contributed by atoms with van der Waals surface area (Å²) >= 11 is 1.28. The Morgan fingerprint density at radius 2 is 1.68 bits per heavy atom. The van der Waals surface area contributed by atoms with Gasteiger partial charge in [0.25, 0.3) is 11.5 Å². The number of aliphatic hydroxyl groups is 1. The number of ketones is 1. The average Bonchev–Trinajstić information content (AvgIpc) is 3.39. The molecule has 0 aliphatic carbocycles. The molecule has 5 rings (SSSR count). The number of thiazole rings is 1. The number of nitro benzene ring substituents is 1. The molecule has 1 aromatic heterocycles. The topological polar surface area (TPSA) is 114 Å². The van der Waals surface area contributed by atoms with Crippen molar-refractivity contribution >= 4 is 49.8 Å². The Morgan fingerprint density at radius 3 is 2.35 bits per heavy atom. The molecular formula is C28H23N3O5S. The second-order valence-electron chi connectivity index (χ2n) is 9.26. The summed E-state index contributed by atoms with van der Waals surface area (Å²) in [7, 11) is 0. The van der Waals surface area contributed by atoms with Crippen LogP contribution < -0.4 is 4.90 Å². The van der Waals surface area contributed by atoms with Crippen molar-refractivity contribution in [2.75, 3.05) is 4.90 Å². The predicted octanol–water partition coefficient (Wildman–Crippen LogP) is 6.06. The minimum absolute atomic E-state index is 0.0836. The number of hydrogen-bond acceptors (Lipinski definition) is 7. The number of non-ortho nitro benzene ring substituents is 1. The maximum Gasteiger partial charge on any atom is 0.301 e. The summed E-state index contributed by atoms with van der Waals surface area (Å²) in [5.41, 5.74) is 5.02. The number of hydrogen-bond donors (Lipinski definition) is 1. The molecule has 37 heavy (non-hydrogen) atoms. The van der Waals surface area contributed by atoms with Crippen LogP contribution >= 0.6 is 11.3 Å². The number of rotatable bonds is 4. The molecule has 1 saturated heterocycles. The Kier molecular flexibility index (Phi) is 5.88. The molecule has 0 radical (unpaired) electrons. The van der Waals surface area contributed by atoms with E-state index in [-0.39, 0.29) is 17.0 Å². The molecule has 0 spiro atoms. The molecule has 0 saturated carbocycles. The largest absolute Gasteiger partial charge is 0.507 e. The molecule has 1 unspecified atom stereocenters. The molecule has 1 aliphatic rings. The molecule has 3 aromatic carbocycles. The van der Waals surface area contributed by atoms with E-state index in [0.717, 1.165) is 32.5 Å². The molecule has 1 atom stereocenters. The van der Waals surface area contributed by atoms with Crippen LogP contribution in [-0.2, 0) is 9.59 Å². The van der Waals surface area contributed by atoms with E-state index in [9.17, 15) is 24.8 Å². The van der Waals surface area contributed by atoms with Crippen LogP contribution in [0.4, 0.5) is 10.8 Å². The Labute approximate surface area is 216 Å². The lowest BCUT2D eigenvalue weighted by Gasteiger charge is -2.23. The number of fused-ring (bicyclic) bond motifs is 1. The van der Waals surface area contributed by atoms with Crippen LogP contribution in [0.5, 0.6) is 0 Å². The molecule has 1 amide bonds. The lowest BCUT2D eigenvalue weighted by atomic mass is 9.93. The second-order valence-corrected chi connectivity index (χ2v) is 10.3. The summed E-state index contributed by atoms with van der Waals surface area (Å²) in [6.07, 6.45) is 0. The van der Waals surface area contributed by atoms with E-state index in [0.29, 0.717) is 16.3 Å². The summed E-state index contributed by atoms with van der Waals surface area (Å²) in [6.45, 7) is 7.58. The van der Waals surface area contributed by atoms with Gasteiger partial charge in [-0.15, -0.1) is 0 Å². The Bertz CT molecular complexity index is 1650. The molecule has 1 aliphatic heterocycles. The normalized spacial score (nSPS) is 17.1. The van der Waals surface area contributed by atoms with Gasteiger partial charge in [-0.1, -0.05) is 35.1 Å². The van der Waals surface area contributed by atoms with E-state index in [1.54, 1.807) is 6.07 Å². The highest BCUT2D eigenvalue weighted by atomic mass is 32.1. The summed E-state index contributed by atoms with van der Waals surface area (Å²) in [5, 5.41) is 23.0. The predicted molar refractivity (Wildman–Crippen MR) is 143 cm³/mol. The first-order chi connectivity index (χ1) is 17.6. The van der Waals surface area contributed by atoms with Crippen molar-refractivity contribution in [2.45, 2.75) is 33.7 Å². The first kappa shape index (κ1) is 24.3. The van der Waals surface area contributed by atoms with Gasteiger partial charge in [0, 0.05) is 17.7 Å². The van der Waals surface area contributed by atoms with Crippen molar-refractivity contribution in [2.24, 2.45) is 0 Å². The zero-order chi connectivity index (χ0) is 26.6. The van der Waals surface area contributed by atoms with E-state index in [1.807, 2.05) is 52.0 Å². The van der Waals surface area contributed by atoms with Gasteiger partial charge >= 0.3 is 5.91 Å². The number of amides is 1. The molecule has 0 bridgehead atoms. The fourth-order valence-electron chi connectivity index (χ4n) is 4.72. The van der Waals surface area contributed by atoms with Crippen molar-refractivity contribution in [1.29, 1.82) is 0 Å². The summed E-state index contributed by atoms with van der Waals surface area (Å²) in [4.78, 5) is 43.6. The second kappa shape index (κ2) is 8.94. The molecule has 9 heteroatoms. The zero-order valence-electron chi connectivity index (χ0n) is 20.6. The van der Waals surface area contributed by atoms with Crippen LogP contribution in [0.2, 0.25) is 0 Å². The Morgan fingerprint density at radius 1 is 0.973 bits per heavy atom. The van der Waals surface area contributed by atoms with Crippen molar-refractivity contribution in [3.63, 3.8) is 0 Å². The summed E-state index contributed by atoms with van der Waals surface area (Å²) in [6, 6.07) is 14.1. The van der Waals surface area contributed by atoms with Crippen LogP contribution in [0.1, 0.15) is 39.4 Å². The fourth-order valence-corrected chi connectivity index (χ4v) is 5.89. The first-order valence-electron chi connectivity index (χ1n) is 11.6. The highest BCUT2D eigenvalue weighted by Crippen LogP contribution is 2.45. The molecule has 186 valence electrons. The monoisotopic (exact) mass is 513 g/mol. The first-order valence-corrected chi connectivity index (χ1v) is 12.4. The highest BCUT2D eigenvalue weighted by molar-refractivity contribution is 7.22. The van der Waals surface area contributed by atoms with Crippen LogP contribution in [0.25, 0.3) is 16.0 Å². The summed E-state index contributed by atoms with van der Waals surface area (Å²) < 4.78 is 0.867. The number of carbonyl (C=O) groups is 2. The van der Waals surface area contributed by atoms with Gasteiger partial charge in [0.05, 0.1) is 26.8 Å². The Hall–Kier alpha value is -4.37. The van der Waals surface area contributed by atoms with Crippen molar-refractivity contribution in [3.05, 3.63) is 104 Å². The van der Waals surface area contributed by atoms with Crippen LogP contribution in [0.15, 0.2) is 60.2 Å². The molecule has 8 nitrogen and oxygen atoms in total. The number of nitro groups is 1. The van der Waals surface area contributed by atoms with E-state index in [1.165, 1.54) is 40.5 Å². The Balaban J connectivity index is 1.76. The van der Waals surface area contributed by atoms with Gasteiger partial charge < -0.3 is 5.11 Å².